The monoisotopic (exact) mass is 400 g/mol. The van der Waals surface area contributed by atoms with E-state index in [2.05, 4.69) is 47.6 Å². The Morgan fingerprint density at radius 1 is 0.966 bits per heavy atom. The highest BCUT2D eigenvalue weighted by molar-refractivity contribution is 5.90. The number of hydrogen-bond acceptors (Lipinski definition) is 3. The summed E-state index contributed by atoms with van der Waals surface area (Å²) in [5.41, 5.74) is 1.66. The third-order valence-electron chi connectivity index (χ3n) is 10.4. The minimum absolute atomic E-state index is 0.176. The van der Waals surface area contributed by atoms with Crippen molar-refractivity contribution in [2.75, 3.05) is 13.2 Å². The standard InChI is InChI=1S/C26H40O3/c1-16-15-25(5)19-11-12-24(4)18(8-10-21(24)26(6)28-13-14-29-26)17(19)7-9-20(25)23(2,3)22(16)27/h9,16-19,21H,7-8,10-15H2,1-6H3/t16-,17+,18+,19+,21+,24+,25-/m1/s1. The van der Waals surface area contributed by atoms with Crippen molar-refractivity contribution in [3.8, 4) is 0 Å². The van der Waals surface area contributed by atoms with Crippen LogP contribution in [0, 0.1) is 45.8 Å². The topological polar surface area (TPSA) is 35.5 Å². The SMILES string of the molecule is C[C@@H]1C[C@@]2(C)C(=CC[C@H]3[C@@H]4CC[C@H](C5(C)OCCO5)[C@@]4(C)CC[C@@H]32)C(C)(C)C1=O. The van der Waals surface area contributed by atoms with Gasteiger partial charge in [-0.3, -0.25) is 4.79 Å². The molecule has 1 aliphatic heterocycles. The van der Waals surface area contributed by atoms with Crippen molar-refractivity contribution in [2.45, 2.75) is 85.9 Å². The van der Waals surface area contributed by atoms with Gasteiger partial charge < -0.3 is 9.47 Å². The molecule has 1 heterocycles. The maximum absolute atomic E-state index is 13.0. The lowest BCUT2D eigenvalue weighted by Gasteiger charge is -2.61. The van der Waals surface area contributed by atoms with Crippen LogP contribution in [0.4, 0.5) is 0 Å². The third kappa shape index (κ3) is 2.53. The summed E-state index contributed by atoms with van der Waals surface area (Å²) in [5, 5.41) is 0. The van der Waals surface area contributed by atoms with Crippen LogP contribution >= 0.6 is 0 Å². The second-order valence-electron chi connectivity index (χ2n) is 12.1. The highest BCUT2D eigenvalue weighted by Crippen LogP contribution is 2.69. The summed E-state index contributed by atoms with van der Waals surface area (Å²) < 4.78 is 12.3. The normalized spacial score (nSPS) is 50.5. The second-order valence-corrected chi connectivity index (χ2v) is 12.1. The molecule has 29 heavy (non-hydrogen) atoms. The van der Waals surface area contributed by atoms with Gasteiger partial charge in [-0.2, -0.15) is 0 Å². The first-order valence-corrected chi connectivity index (χ1v) is 12.1. The number of carbonyl (C=O) groups is 1. The second kappa shape index (κ2) is 6.19. The number of rotatable bonds is 1. The van der Waals surface area contributed by atoms with E-state index in [4.69, 9.17) is 9.47 Å². The van der Waals surface area contributed by atoms with Crippen molar-refractivity contribution in [3.63, 3.8) is 0 Å². The van der Waals surface area contributed by atoms with E-state index in [0.717, 1.165) is 37.9 Å². The first-order chi connectivity index (χ1) is 13.5. The molecule has 0 aromatic heterocycles. The number of ketones is 1. The lowest BCUT2D eigenvalue weighted by atomic mass is 9.43. The highest BCUT2D eigenvalue weighted by atomic mass is 16.7. The summed E-state index contributed by atoms with van der Waals surface area (Å²) in [7, 11) is 0. The summed E-state index contributed by atoms with van der Waals surface area (Å²) in [6.45, 7) is 15.3. The summed E-state index contributed by atoms with van der Waals surface area (Å²) in [6.07, 6.45) is 9.81. The fraction of sp³-hybridized carbons (Fsp3) is 0.885. The minimum atomic E-state index is -0.385. The first-order valence-electron chi connectivity index (χ1n) is 12.1. The van der Waals surface area contributed by atoms with E-state index in [1.54, 1.807) is 0 Å². The Kier molecular flexibility index (Phi) is 4.32. The molecule has 3 saturated carbocycles. The zero-order chi connectivity index (χ0) is 20.8. The van der Waals surface area contributed by atoms with Crippen LogP contribution in [-0.2, 0) is 14.3 Å². The molecule has 4 aliphatic carbocycles. The van der Waals surface area contributed by atoms with Gasteiger partial charge in [-0.25, -0.2) is 0 Å². The lowest BCUT2D eigenvalue weighted by molar-refractivity contribution is -0.214. The van der Waals surface area contributed by atoms with Gasteiger partial charge in [-0.15, -0.1) is 0 Å². The van der Waals surface area contributed by atoms with Crippen molar-refractivity contribution >= 4 is 5.78 Å². The summed E-state index contributed by atoms with van der Waals surface area (Å²) >= 11 is 0. The van der Waals surface area contributed by atoms with Gasteiger partial charge in [0, 0.05) is 17.3 Å². The zero-order valence-electron chi connectivity index (χ0n) is 19.3. The molecule has 0 unspecified atom stereocenters. The van der Waals surface area contributed by atoms with Gasteiger partial charge in [-0.1, -0.05) is 32.4 Å². The Hall–Kier alpha value is -0.670. The van der Waals surface area contributed by atoms with E-state index in [9.17, 15) is 4.79 Å². The van der Waals surface area contributed by atoms with E-state index in [-0.39, 0.29) is 22.5 Å². The van der Waals surface area contributed by atoms with Gasteiger partial charge >= 0.3 is 0 Å². The summed E-state index contributed by atoms with van der Waals surface area (Å²) in [4.78, 5) is 13.0. The largest absolute Gasteiger partial charge is 0.348 e. The number of ether oxygens (including phenoxy) is 2. The molecule has 1 saturated heterocycles. The fourth-order valence-corrected chi connectivity index (χ4v) is 9.39. The number of allylic oxidation sites excluding steroid dienone is 2. The van der Waals surface area contributed by atoms with Gasteiger partial charge in [0.05, 0.1) is 13.2 Å². The maximum atomic E-state index is 13.0. The molecule has 3 heteroatoms. The van der Waals surface area contributed by atoms with Gasteiger partial charge in [0.2, 0.25) is 0 Å². The van der Waals surface area contributed by atoms with Crippen LogP contribution in [0.25, 0.3) is 0 Å². The van der Waals surface area contributed by atoms with Crippen LogP contribution < -0.4 is 0 Å². The van der Waals surface area contributed by atoms with Crippen molar-refractivity contribution in [3.05, 3.63) is 11.6 Å². The van der Waals surface area contributed by atoms with Gasteiger partial charge in [0.1, 0.15) is 5.78 Å². The van der Waals surface area contributed by atoms with Crippen LogP contribution in [0.1, 0.15) is 80.1 Å². The molecule has 0 aromatic carbocycles. The average Bonchev–Trinajstić information content (AvgIpc) is 3.23. The fourth-order valence-electron chi connectivity index (χ4n) is 9.39. The van der Waals surface area contributed by atoms with Gasteiger partial charge in [0.15, 0.2) is 5.79 Å². The van der Waals surface area contributed by atoms with Crippen LogP contribution in [0.3, 0.4) is 0 Å². The first kappa shape index (κ1) is 20.2. The lowest BCUT2D eigenvalue weighted by Crippen LogP contribution is -2.56. The predicted octanol–water partition coefficient (Wildman–Crippen LogP) is 5.78. The quantitative estimate of drug-likeness (QED) is 0.523. The molecule has 3 nitrogen and oxygen atoms in total. The maximum Gasteiger partial charge on any atom is 0.169 e. The predicted molar refractivity (Wildman–Crippen MR) is 114 cm³/mol. The number of fused-ring (bicyclic) bond motifs is 5. The molecule has 4 fully saturated rings. The van der Waals surface area contributed by atoms with E-state index in [0.29, 0.717) is 23.0 Å². The Bertz CT molecular complexity index is 745. The Labute approximate surface area is 177 Å². The van der Waals surface area contributed by atoms with E-state index < -0.39 is 0 Å². The molecule has 0 bridgehead atoms. The average molecular weight is 401 g/mol. The van der Waals surface area contributed by atoms with E-state index in [1.165, 1.54) is 31.3 Å². The number of hydrogen-bond donors (Lipinski definition) is 0. The van der Waals surface area contributed by atoms with E-state index >= 15 is 0 Å². The summed E-state index contributed by atoms with van der Waals surface area (Å²) in [5.74, 6) is 2.95. The van der Waals surface area contributed by atoms with Crippen molar-refractivity contribution < 1.29 is 14.3 Å². The van der Waals surface area contributed by atoms with E-state index in [1.807, 2.05) is 0 Å². The molecule has 5 aliphatic rings. The van der Waals surface area contributed by atoms with Crippen molar-refractivity contribution in [2.24, 2.45) is 45.8 Å². The third-order valence-corrected chi connectivity index (χ3v) is 10.4. The zero-order valence-corrected chi connectivity index (χ0v) is 19.3. The number of Topliss-reactive ketones (excluding diaryl/α,β-unsaturated/α-hetero) is 1. The molecule has 0 N–H and O–H groups in total. The Morgan fingerprint density at radius 2 is 1.66 bits per heavy atom. The minimum Gasteiger partial charge on any atom is -0.348 e. The molecule has 0 amide bonds. The molecular weight excluding hydrogens is 360 g/mol. The van der Waals surface area contributed by atoms with Crippen LogP contribution in [-0.4, -0.2) is 24.8 Å². The highest BCUT2D eigenvalue weighted by Gasteiger charge is 2.64. The molecule has 0 aromatic rings. The Morgan fingerprint density at radius 3 is 2.34 bits per heavy atom. The van der Waals surface area contributed by atoms with Crippen molar-refractivity contribution in [1.82, 2.24) is 0 Å². The summed E-state index contributed by atoms with van der Waals surface area (Å²) in [6, 6.07) is 0. The molecule has 5 rings (SSSR count). The van der Waals surface area contributed by atoms with Crippen LogP contribution in [0.15, 0.2) is 11.6 Å². The van der Waals surface area contributed by atoms with Gasteiger partial charge in [-0.05, 0) is 87.9 Å². The van der Waals surface area contributed by atoms with Gasteiger partial charge in [0.25, 0.3) is 0 Å². The smallest absolute Gasteiger partial charge is 0.169 e. The molecule has 162 valence electrons. The van der Waals surface area contributed by atoms with Crippen LogP contribution in [0.5, 0.6) is 0 Å². The Balaban J connectivity index is 1.50. The molecule has 0 radical (unpaired) electrons. The molecule has 0 spiro atoms. The number of carbonyl (C=O) groups excluding carboxylic acids is 1. The van der Waals surface area contributed by atoms with Crippen molar-refractivity contribution in [1.29, 1.82) is 0 Å². The molecular formula is C26H40O3. The van der Waals surface area contributed by atoms with Crippen LogP contribution in [0.2, 0.25) is 0 Å². The molecule has 7 atom stereocenters.